The molecule has 0 atom stereocenters. The molecule has 158 valence electrons. The van der Waals surface area contributed by atoms with Crippen molar-refractivity contribution < 1.29 is 26.9 Å². The van der Waals surface area contributed by atoms with Crippen LogP contribution in [0.2, 0.25) is 0 Å². The molecule has 2 aromatic carbocycles. The molecule has 6 nitrogen and oxygen atoms in total. The number of carbonyl (C=O) groups is 1. The van der Waals surface area contributed by atoms with Gasteiger partial charge in [0.1, 0.15) is 5.75 Å². The van der Waals surface area contributed by atoms with E-state index >= 15 is 0 Å². The van der Waals surface area contributed by atoms with Gasteiger partial charge in [-0.2, -0.15) is 8.42 Å². The molecule has 2 aromatic rings. The Kier molecular flexibility index (Phi) is 7.81. The number of carbonyl (C=O) groups excluding carboxylic acids is 1. The fraction of sp³-hybridized carbons (Fsp3) is 0.409. The van der Waals surface area contributed by atoms with Gasteiger partial charge in [0.25, 0.3) is 10.1 Å². The van der Waals surface area contributed by atoms with Gasteiger partial charge in [0.2, 0.25) is 0 Å². The minimum absolute atomic E-state index is 0.0794. The van der Waals surface area contributed by atoms with E-state index in [1.54, 1.807) is 52.0 Å². The van der Waals surface area contributed by atoms with Crippen molar-refractivity contribution in [2.45, 2.75) is 51.0 Å². The summed E-state index contributed by atoms with van der Waals surface area (Å²) in [4.78, 5) is 12.2. The molecule has 0 heterocycles. The fourth-order valence-corrected chi connectivity index (χ4v) is 3.92. The summed E-state index contributed by atoms with van der Waals surface area (Å²) in [6.07, 6.45) is 1.14. The lowest BCUT2D eigenvalue weighted by atomic mass is 10.1. The minimum Gasteiger partial charge on any atom is -0.476 e. The predicted molar refractivity (Wildman–Crippen MR) is 110 cm³/mol. The average Bonchev–Trinajstić information content (AvgIpc) is 2.65. The van der Waals surface area contributed by atoms with Crippen LogP contribution in [-0.2, 0) is 30.3 Å². The van der Waals surface area contributed by atoms with Gasteiger partial charge in [0, 0.05) is 0 Å². The SMILES string of the molecule is CCOC(=O)C(C)(C)Oc1cccc(CCCOS(=O)(=O)c2ccccc2C)c1. The monoisotopic (exact) mass is 420 g/mol. The van der Waals surface area contributed by atoms with Crippen molar-refractivity contribution in [1.82, 2.24) is 0 Å². The van der Waals surface area contributed by atoms with E-state index in [4.69, 9.17) is 13.7 Å². The van der Waals surface area contributed by atoms with E-state index in [9.17, 15) is 13.2 Å². The highest BCUT2D eigenvalue weighted by Crippen LogP contribution is 2.22. The molecular formula is C22H28O6S. The summed E-state index contributed by atoms with van der Waals surface area (Å²) < 4.78 is 40.6. The zero-order chi connectivity index (χ0) is 21.5. The number of rotatable bonds is 10. The lowest BCUT2D eigenvalue weighted by Crippen LogP contribution is -2.39. The maximum Gasteiger partial charge on any atom is 0.349 e. The Labute approximate surface area is 172 Å². The Morgan fingerprint density at radius 2 is 1.79 bits per heavy atom. The van der Waals surface area contributed by atoms with E-state index in [0.29, 0.717) is 24.2 Å². The highest BCUT2D eigenvalue weighted by Gasteiger charge is 2.31. The Morgan fingerprint density at radius 1 is 1.07 bits per heavy atom. The van der Waals surface area contributed by atoms with Crippen LogP contribution in [0.4, 0.5) is 0 Å². The van der Waals surface area contributed by atoms with E-state index in [-0.39, 0.29) is 18.1 Å². The quantitative estimate of drug-likeness (QED) is 0.328. The van der Waals surface area contributed by atoms with Gasteiger partial charge in [0.15, 0.2) is 5.60 Å². The standard InChI is InChI=1S/C22H28O6S/c1-5-26-21(23)22(3,4)28-19-13-8-11-18(16-19)12-9-15-27-29(24,25)20-14-7-6-10-17(20)2/h6-8,10-11,13-14,16H,5,9,12,15H2,1-4H3. The van der Waals surface area contributed by atoms with Gasteiger partial charge in [-0.05, 0) is 69.9 Å². The second-order valence-electron chi connectivity index (χ2n) is 7.13. The second kappa shape index (κ2) is 9.89. The van der Waals surface area contributed by atoms with Crippen molar-refractivity contribution in [2.24, 2.45) is 0 Å². The van der Waals surface area contributed by atoms with Crippen LogP contribution in [-0.4, -0.2) is 33.2 Å². The summed E-state index contributed by atoms with van der Waals surface area (Å²) in [5.74, 6) is 0.120. The molecule has 0 radical (unpaired) electrons. The first-order valence-electron chi connectivity index (χ1n) is 9.56. The van der Waals surface area contributed by atoms with Gasteiger partial charge >= 0.3 is 5.97 Å². The van der Waals surface area contributed by atoms with Crippen molar-refractivity contribution >= 4 is 16.1 Å². The number of esters is 1. The van der Waals surface area contributed by atoms with Gasteiger partial charge in [-0.25, -0.2) is 4.79 Å². The van der Waals surface area contributed by atoms with Crippen LogP contribution >= 0.6 is 0 Å². The summed E-state index contributed by atoms with van der Waals surface area (Å²) in [5, 5.41) is 0. The number of benzene rings is 2. The topological polar surface area (TPSA) is 78.9 Å². The lowest BCUT2D eigenvalue weighted by Gasteiger charge is -2.24. The van der Waals surface area contributed by atoms with Gasteiger partial charge in [-0.3, -0.25) is 4.18 Å². The summed E-state index contributed by atoms with van der Waals surface area (Å²) in [5.41, 5.74) is 0.514. The normalized spacial score (nSPS) is 11.9. The third-order valence-electron chi connectivity index (χ3n) is 4.25. The molecule has 29 heavy (non-hydrogen) atoms. The maximum absolute atomic E-state index is 12.3. The molecule has 7 heteroatoms. The van der Waals surface area contributed by atoms with Crippen LogP contribution in [0.1, 0.15) is 38.3 Å². The average molecular weight is 421 g/mol. The smallest absolute Gasteiger partial charge is 0.349 e. The first-order chi connectivity index (χ1) is 13.7. The summed E-state index contributed by atoms with van der Waals surface area (Å²) in [7, 11) is -3.77. The molecule has 0 aliphatic rings. The largest absolute Gasteiger partial charge is 0.476 e. The van der Waals surface area contributed by atoms with Crippen molar-refractivity contribution in [2.75, 3.05) is 13.2 Å². The Hall–Kier alpha value is -2.38. The van der Waals surface area contributed by atoms with Crippen molar-refractivity contribution in [3.05, 3.63) is 59.7 Å². The van der Waals surface area contributed by atoms with Crippen LogP contribution in [0.25, 0.3) is 0 Å². The molecular weight excluding hydrogens is 392 g/mol. The maximum atomic E-state index is 12.3. The van der Waals surface area contributed by atoms with Crippen molar-refractivity contribution in [3.8, 4) is 5.75 Å². The zero-order valence-electron chi connectivity index (χ0n) is 17.3. The summed E-state index contributed by atoms with van der Waals surface area (Å²) in [6, 6.07) is 14.1. The molecule has 2 rings (SSSR count). The summed E-state index contributed by atoms with van der Waals surface area (Å²) in [6.45, 7) is 7.16. The van der Waals surface area contributed by atoms with Crippen LogP contribution in [0.5, 0.6) is 5.75 Å². The first-order valence-corrected chi connectivity index (χ1v) is 11.0. The molecule has 0 aliphatic heterocycles. The Bertz CT molecular complexity index is 934. The number of hydrogen-bond donors (Lipinski definition) is 0. The summed E-state index contributed by atoms with van der Waals surface area (Å²) >= 11 is 0. The predicted octanol–water partition coefficient (Wildman–Crippen LogP) is 4.05. The van der Waals surface area contributed by atoms with Crippen LogP contribution in [0, 0.1) is 6.92 Å². The van der Waals surface area contributed by atoms with Gasteiger partial charge in [-0.15, -0.1) is 0 Å². The fourth-order valence-electron chi connectivity index (χ4n) is 2.75. The molecule has 0 N–H and O–H groups in total. The van der Waals surface area contributed by atoms with E-state index in [0.717, 1.165) is 5.56 Å². The number of hydrogen-bond acceptors (Lipinski definition) is 6. The molecule has 0 spiro atoms. The molecule has 0 aromatic heterocycles. The number of aryl methyl sites for hydroxylation is 2. The third-order valence-corrected chi connectivity index (χ3v) is 5.72. The molecule has 0 saturated heterocycles. The van der Waals surface area contributed by atoms with Crippen LogP contribution in [0.3, 0.4) is 0 Å². The van der Waals surface area contributed by atoms with Gasteiger partial charge in [0.05, 0.1) is 18.1 Å². The van der Waals surface area contributed by atoms with Gasteiger partial charge < -0.3 is 9.47 Å². The third kappa shape index (κ3) is 6.58. The van der Waals surface area contributed by atoms with E-state index in [1.807, 2.05) is 18.2 Å². The lowest BCUT2D eigenvalue weighted by molar-refractivity contribution is -0.158. The minimum atomic E-state index is -3.77. The van der Waals surface area contributed by atoms with Gasteiger partial charge in [-0.1, -0.05) is 30.3 Å². The molecule has 0 bridgehead atoms. The molecule has 0 fully saturated rings. The van der Waals surface area contributed by atoms with Crippen LogP contribution in [0.15, 0.2) is 53.4 Å². The number of ether oxygens (including phenoxy) is 2. The zero-order valence-corrected chi connectivity index (χ0v) is 18.1. The van der Waals surface area contributed by atoms with Crippen molar-refractivity contribution in [3.63, 3.8) is 0 Å². The first kappa shape index (κ1) is 22.9. The molecule has 0 aliphatic carbocycles. The second-order valence-corrected chi connectivity index (χ2v) is 8.71. The van der Waals surface area contributed by atoms with E-state index in [1.165, 1.54) is 6.07 Å². The van der Waals surface area contributed by atoms with E-state index in [2.05, 4.69) is 0 Å². The van der Waals surface area contributed by atoms with Crippen LogP contribution < -0.4 is 4.74 Å². The molecule has 0 unspecified atom stereocenters. The molecule has 0 saturated carbocycles. The highest BCUT2D eigenvalue weighted by molar-refractivity contribution is 7.86. The van der Waals surface area contributed by atoms with E-state index < -0.39 is 21.7 Å². The molecule has 0 amide bonds. The Morgan fingerprint density at radius 3 is 2.48 bits per heavy atom. The highest BCUT2D eigenvalue weighted by atomic mass is 32.2. The Balaban J connectivity index is 1.91. The van der Waals surface area contributed by atoms with Crippen molar-refractivity contribution in [1.29, 1.82) is 0 Å².